The van der Waals surface area contributed by atoms with E-state index in [-0.39, 0.29) is 5.82 Å². The van der Waals surface area contributed by atoms with E-state index >= 15 is 0 Å². The molecule has 21 heavy (non-hydrogen) atoms. The zero-order chi connectivity index (χ0) is 15.0. The van der Waals surface area contributed by atoms with Crippen molar-refractivity contribution in [3.05, 3.63) is 63.4 Å². The Hall–Kier alpha value is -1.66. The van der Waals surface area contributed by atoms with E-state index in [1.165, 1.54) is 6.07 Å². The predicted octanol–water partition coefficient (Wildman–Crippen LogP) is 4.79. The van der Waals surface area contributed by atoms with Crippen LogP contribution in [0.4, 0.5) is 10.1 Å². The molecule has 3 nitrogen and oxygen atoms in total. The minimum absolute atomic E-state index is 0.367. The summed E-state index contributed by atoms with van der Waals surface area (Å²) >= 11 is 6.70. The number of nitrogens with two attached hydrogens (primary N) is 1. The van der Waals surface area contributed by atoms with Gasteiger partial charge in [0.2, 0.25) is 0 Å². The van der Waals surface area contributed by atoms with Gasteiger partial charge in [-0.25, -0.2) is 9.07 Å². The second-order valence-corrected chi connectivity index (χ2v) is 6.22. The Kier molecular flexibility index (Phi) is 3.82. The minimum atomic E-state index is -0.367. The van der Waals surface area contributed by atoms with E-state index in [0.29, 0.717) is 21.4 Å². The number of para-hydroxylation sites is 1. The molecule has 3 aromatic rings. The Morgan fingerprint density at radius 3 is 2.57 bits per heavy atom. The van der Waals surface area contributed by atoms with E-state index in [1.807, 2.05) is 24.3 Å². The highest BCUT2D eigenvalue weighted by Crippen LogP contribution is 2.30. The largest absolute Gasteiger partial charge is 0.396 e. The number of rotatable bonds is 2. The molecule has 2 N–H and O–H groups in total. The van der Waals surface area contributed by atoms with Gasteiger partial charge in [0.05, 0.1) is 17.6 Å². The maximum atomic E-state index is 14.1. The predicted molar refractivity (Wildman–Crippen MR) is 88.8 cm³/mol. The standard InChI is InChI=1S/C15H10Br2FN3/c16-9-5-6-10(12(18)7-9)15-13(19)8-21(20-15)14-4-2-1-3-11(14)17/h1-8H,19H2. The molecular weight excluding hydrogens is 401 g/mol. The lowest BCUT2D eigenvalue weighted by molar-refractivity contribution is 0.629. The third kappa shape index (κ3) is 2.73. The molecule has 1 aromatic heterocycles. The van der Waals surface area contributed by atoms with Gasteiger partial charge in [0.15, 0.2) is 0 Å². The van der Waals surface area contributed by atoms with Crippen molar-refractivity contribution < 1.29 is 4.39 Å². The molecule has 0 aliphatic rings. The quantitative estimate of drug-likeness (QED) is 0.660. The summed E-state index contributed by atoms with van der Waals surface area (Å²) in [5.74, 6) is -0.367. The zero-order valence-corrected chi connectivity index (χ0v) is 13.9. The van der Waals surface area contributed by atoms with E-state index in [0.717, 1.165) is 10.2 Å². The number of hydrogen-bond acceptors (Lipinski definition) is 2. The third-order valence-corrected chi connectivity index (χ3v) is 4.19. The highest BCUT2D eigenvalue weighted by Gasteiger charge is 2.14. The molecule has 0 spiro atoms. The van der Waals surface area contributed by atoms with Crippen LogP contribution in [0.5, 0.6) is 0 Å². The lowest BCUT2D eigenvalue weighted by Gasteiger charge is -2.04. The summed E-state index contributed by atoms with van der Waals surface area (Å²) in [6, 6.07) is 12.4. The number of hydrogen-bond donors (Lipinski definition) is 1. The second kappa shape index (κ2) is 5.61. The van der Waals surface area contributed by atoms with Crippen LogP contribution >= 0.6 is 31.9 Å². The average molecular weight is 411 g/mol. The van der Waals surface area contributed by atoms with Crippen LogP contribution in [0.15, 0.2) is 57.6 Å². The first-order valence-corrected chi connectivity index (χ1v) is 7.70. The normalized spacial score (nSPS) is 10.8. The maximum Gasteiger partial charge on any atom is 0.133 e. The fourth-order valence-corrected chi connectivity index (χ4v) is 2.84. The first kappa shape index (κ1) is 14.3. The fourth-order valence-electron chi connectivity index (χ4n) is 2.04. The third-order valence-electron chi connectivity index (χ3n) is 3.03. The van der Waals surface area contributed by atoms with Gasteiger partial charge in [0.1, 0.15) is 11.5 Å². The number of nitrogens with zero attached hydrogens (tertiary/aromatic N) is 2. The van der Waals surface area contributed by atoms with Gasteiger partial charge in [0, 0.05) is 14.5 Å². The molecule has 0 saturated heterocycles. The second-order valence-electron chi connectivity index (χ2n) is 4.45. The monoisotopic (exact) mass is 409 g/mol. The van der Waals surface area contributed by atoms with Crippen molar-refractivity contribution in [1.29, 1.82) is 0 Å². The molecule has 0 unspecified atom stereocenters. The van der Waals surface area contributed by atoms with Crippen LogP contribution in [0.2, 0.25) is 0 Å². The molecule has 0 fully saturated rings. The summed E-state index contributed by atoms with van der Waals surface area (Å²) in [4.78, 5) is 0. The lowest BCUT2D eigenvalue weighted by atomic mass is 10.1. The summed E-state index contributed by atoms with van der Waals surface area (Å²) in [5.41, 5.74) is 8.06. The fraction of sp³-hybridized carbons (Fsp3) is 0. The molecule has 1 heterocycles. The Morgan fingerprint density at radius 2 is 1.86 bits per heavy atom. The SMILES string of the molecule is Nc1cn(-c2ccccc2Br)nc1-c1ccc(Br)cc1F. The van der Waals surface area contributed by atoms with Crippen molar-refractivity contribution in [3.63, 3.8) is 0 Å². The molecule has 0 aliphatic carbocycles. The van der Waals surface area contributed by atoms with Crippen LogP contribution < -0.4 is 5.73 Å². The van der Waals surface area contributed by atoms with Crippen LogP contribution in [0, 0.1) is 5.82 Å². The Labute approximate surface area is 137 Å². The minimum Gasteiger partial charge on any atom is -0.396 e. The van der Waals surface area contributed by atoms with E-state index < -0.39 is 0 Å². The van der Waals surface area contributed by atoms with Crippen molar-refractivity contribution in [2.24, 2.45) is 0 Å². The highest BCUT2D eigenvalue weighted by molar-refractivity contribution is 9.10. The van der Waals surface area contributed by atoms with Gasteiger partial charge in [-0.15, -0.1) is 0 Å². The summed E-state index contributed by atoms with van der Waals surface area (Å²) < 4.78 is 17.3. The first-order valence-electron chi connectivity index (χ1n) is 6.12. The van der Waals surface area contributed by atoms with Gasteiger partial charge in [-0.1, -0.05) is 28.1 Å². The lowest BCUT2D eigenvalue weighted by Crippen LogP contribution is -1.96. The van der Waals surface area contributed by atoms with Crippen LogP contribution in [0.25, 0.3) is 16.9 Å². The molecule has 106 valence electrons. The highest BCUT2D eigenvalue weighted by atomic mass is 79.9. The molecule has 3 rings (SSSR count). The van der Waals surface area contributed by atoms with Crippen molar-refractivity contribution in [1.82, 2.24) is 9.78 Å². The van der Waals surface area contributed by atoms with Crippen molar-refractivity contribution in [2.45, 2.75) is 0 Å². The molecule has 2 aromatic carbocycles. The van der Waals surface area contributed by atoms with Gasteiger partial charge in [-0.3, -0.25) is 0 Å². The number of anilines is 1. The number of halogens is 3. The van der Waals surface area contributed by atoms with Gasteiger partial charge in [0.25, 0.3) is 0 Å². The van der Waals surface area contributed by atoms with E-state index in [1.54, 1.807) is 23.0 Å². The smallest absolute Gasteiger partial charge is 0.133 e. The molecule has 0 amide bonds. The van der Waals surface area contributed by atoms with Crippen molar-refractivity contribution >= 4 is 37.5 Å². The zero-order valence-electron chi connectivity index (χ0n) is 10.7. The summed E-state index contributed by atoms with van der Waals surface area (Å²) in [7, 11) is 0. The number of nitrogen functional groups attached to an aromatic ring is 1. The molecule has 0 atom stereocenters. The first-order chi connectivity index (χ1) is 10.1. The molecule has 6 heteroatoms. The van der Waals surface area contributed by atoms with Crippen LogP contribution in [-0.2, 0) is 0 Å². The summed E-state index contributed by atoms with van der Waals surface area (Å²) in [6.07, 6.45) is 1.68. The van der Waals surface area contributed by atoms with Crippen molar-refractivity contribution in [2.75, 3.05) is 5.73 Å². The Morgan fingerprint density at radius 1 is 1.10 bits per heavy atom. The van der Waals surface area contributed by atoms with Gasteiger partial charge < -0.3 is 5.73 Å². The number of benzene rings is 2. The molecular formula is C15H10Br2FN3. The van der Waals surface area contributed by atoms with Crippen LogP contribution in [0.3, 0.4) is 0 Å². The van der Waals surface area contributed by atoms with Crippen LogP contribution in [-0.4, -0.2) is 9.78 Å². The average Bonchev–Trinajstić information content (AvgIpc) is 2.81. The Balaban J connectivity index is 2.12. The van der Waals surface area contributed by atoms with Crippen molar-refractivity contribution in [3.8, 4) is 16.9 Å². The van der Waals surface area contributed by atoms with E-state index in [2.05, 4.69) is 37.0 Å². The molecule has 0 saturated carbocycles. The maximum absolute atomic E-state index is 14.1. The van der Waals surface area contributed by atoms with Gasteiger partial charge in [-0.05, 0) is 46.3 Å². The summed E-state index contributed by atoms with van der Waals surface area (Å²) in [5, 5.41) is 4.41. The molecule has 0 bridgehead atoms. The molecule has 0 radical (unpaired) electrons. The van der Waals surface area contributed by atoms with Crippen LogP contribution in [0.1, 0.15) is 0 Å². The van der Waals surface area contributed by atoms with E-state index in [9.17, 15) is 4.39 Å². The van der Waals surface area contributed by atoms with Gasteiger partial charge in [-0.2, -0.15) is 5.10 Å². The molecule has 0 aliphatic heterocycles. The van der Waals surface area contributed by atoms with Gasteiger partial charge >= 0.3 is 0 Å². The number of aromatic nitrogens is 2. The summed E-state index contributed by atoms with van der Waals surface area (Å²) in [6.45, 7) is 0. The topological polar surface area (TPSA) is 43.8 Å². The van der Waals surface area contributed by atoms with E-state index in [4.69, 9.17) is 5.73 Å². The Bertz CT molecular complexity index is 814.